The zero-order valence-corrected chi connectivity index (χ0v) is 18.0. The Morgan fingerprint density at radius 3 is 2.58 bits per heavy atom. The van der Waals surface area contributed by atoms with E-state index in [2.05, 4.69) is 4.98 Å². The smallest absolute Gasteiger partial charge is 0.227 e. The molecule has 0 bridgehead atoms. The van der Waals surface area contributed by atoms with Crippen molar-refractivity contribution in [3.05, 3.63) is 103 Å². The number of para-hydroxylation sites is 1. The van der Waals surface area contributed by atoms with Crippen LogP contribution in [0.1, 0.15) is 28.8 Å². The van der Waals surface area contributed by atoms with E-state index in [1.165, 1.54) is 0 Å². The topological polar surface area (TPSA) is 68.1 Å². The molecule has 0 saturated carbocycles. The molecule has 6 nitrogen and oxygen atoms in total. The summed E-state index contributed by atoms with van der Waals surface area (Å²) in [5.41, 5.74) is 4.66. The van der Waals surface area contributed by atoms with Crippen molar-refractivity contribution < 1.29 is 9.59 Å². The number of carbonyl (C=O) groups excluding carboxylic acids is 2. The predicted octanol–water partition coefficient (Wildman–Crippen LogP) is 4.96. The second-order valence-corrected chi connectivity index (χ2v) is 7.85. The van der Waals surface area contributed by atoms with E-state index in [9.17, 15) is 9.59 Å². The fourth-order valence-electron chi connectivity index (χ4n) is 3.96. The van der Waals surface area contributed by atoms with Gasteiger partial charge in [-0.25, -0.2) is 4.68 Å². The summed E-state index contributed by atoms with van der Waals surface area (Å²) in [4.78, 5) is 31.0. The molecule has 1 amide bonds. The number of hydrogen-bond donors (Lipinski definition) is 0. The summed E-state index contributed by atoms with van der Waals surface area (Å²) in [5.74, 6) is -0.0299. The highest BCUT2D eigenvalue weighted by molar-refractivity contribution is 6.08. The van der Waals surface area contributed by atoms with E-state index in [1.807, 2.05) is 60.8 Å². The van der Waals surface area contributed by atoms with Crippen LogP contribution in [0.15, 0.2) is 91.4 Å². The lowest BCUT2D eigenvalue weighted by Crippen LogP contribution is -2.23. The number of ketones is 1. The number of aromatic nitrogens is 3. The molecule has 5 rings (SSSR count). The molecule has 2 aromatic heterocycles. The minimum Gasteiger partial charge on any atom is -0.312 e. The minimum absolute atomic E-state index is 0.101. The number of amides is 1. The number of allylic oxidation sites excluding steroid dienone is 1. The Morgan fingerprint density at radius 1 is 0.970 bits per heavy atom. The Hall–Kier alpha value is -4.32. The van der Waals surface area contributed by atoms with Gasteiger partial charge < -0.3 is 4.90 Å². The van der Waals surface area contributed by atoms with Gasteiger partial charge in [0, 0.05) is 53.9 Å². The van der Waals surface area contributed by atoms with Gasteiger partial charge in [-0.3, -0.25) is 14.6 Å². The van der Waals surface area contributed by atoms with Crippen LogP contribution >= 0.6 is 0 Å². The molecule has 4 aromatic rings. The van der Waals surface area contributed by atoms with Crippen LogP contribution in [0.3, 0.4) is 0 Å². The number of pyridine rings is 1. The van der Waals surface area contributed by atoms with E-state index in [0.717, 1.165) is 34.6 Å². The van der Waals surface area contributed by atoms with Crippen molar-refractivity contribution in [1.82, 2.24) is 14.8 Å². The fourth-order valence-corrected chi connectivity index (χ4v) is 3.96. The van der Waals surface area contributed by atoms with Gasteiger partial charge in [0.2, 0.25) is 5.91 Å². The molecule has 1 fully saturated rings. The first-order valence-corrected chi connectivity index (χ1v) is 10.9. The van der Waals surface area contributed by atoms with E-state index in [-0.39, 0.29) is 11.7 Å². The van der Waals surface area contributed by atoms with Crippen LogP contribution in [0.2, 0.25) is 0 Å². The third kappa shape index (κ3) is 4.36. The van der Waals surface area contributed by atoms with Gasteiger partial charge in [0.1, 0.15) is 5.69 Å². The molecule has 0 spiro atoms. The maximum Gasteiger partial charge on any atom is 0.227 e. The van der Waals surface area contributed by atoms with Crippen molar-refractivity contribution in [2.45, 2.75) is 12.8 Å². The number of anilines is 1. The quantitative estimate of drug-likeness (QED) is 0.318. The van der Waals surface area contributed by atoms with Crippen LogP contribution in [0.25, 0.3) is 23.0 Å². The van der Waals surface area contributed by atoms with E-state index in [0.29, 0.717) is 18.5 Å². The highest BCUT2D eigenvalue weighted by atomic mass is 16.2. The molecule has 1 aliphatic rings. The molecule has 0 aliphatic carbocycles. The van der Waals surface area contributed by atoms with Crippen LogP contribution in [-0.4, -0.2) is 33.0 Å². The van der Waals surface area contributed by atoms with Crippen LogP contribution in [0.5, 0.6) is 0 Å². The molecule has 0 unspecified atom stereocenters. The summed E-state index contributed by atoms with van der Waals surface area (Å²) in [6.45, 7) is 0.694. The second-order valence-electron chi connectivity index (χ2n) is 7.85. The molecule has 0 radical (unpaired) electrons. The summed E-state index contributed by atoms with van der Waals surface area (Å²) in [6.07, 6.45) is 10.1. The second kappa shape index (κ2) is 9.04. The molecule has 1 saturated heterocycles. The number of hydrogen-bond acceptors (Lipinski definition) is 4. The van der Waals surface area contributed by atoms with Gasteiger partial charge in [0.15, 0.2) is 5.78 Å². The van der Waals surface area contributed by atoms with E-state index < -0.39 is 0 Å². The third-order valence-electron chi connectivity index (χ3n) is 5.63. The molecule has 3 heterocycles. The standard InChI is InChI=1S/C27H22N4O2/c32-25(20-7-4-11-24(17-20)30-16-6-12-26(30)33)14-13-22-19-31(23-9-2-1-3-10-23)29-27(22)21-8-5-15-28-18-21/h1-5,7-11,13-15,17-19H,6,12,16H2/b14-13+. The minimum atomic E-state index is -0.131. The molecule has 0 atom stereocenters. The van der Waals surface area contributed by atoms with Gasteiger partial charge in [-0.2, -0.15) is 5.10 Å². The maximum atomic E-state index is 13.0. The van der Waals surface area contributed by atoms with Crippen LogP contribution in [0.4, 0.5) is 5.69 Å². The fraction of sp³-hybridized carbons (Fsp3) is 0.111. The molecular formula is C27H22N4O2. The zero-order chi connectivity index (χ0) is 22.6. The van der Waals surface area contributed by atoms with E-state index in [1.54, 1.807) is 46.3 Å². The van der Waals surface area contributed by atoms with Crippen molar-refractivity contribution >= 4 is 23.5 Å². The monoisotopic (exact) mass is 434 g/mol. The lowest BCUT2D eigenvalue weighted by molar-refractivity contribution is -0.117. The summed E-state index contributed by atoms with van der Waals surface area (Å²) in [5, 5.41) is 4.75. The Bertz CT molecular complexity index is 1330. The van der Waals surface area contributed by atoms with Crippen molar-refractivity contribution in [3.63, 3.8) is 0 Å². The highest BCUT2D eigenvalue weighted by Gasteiger charge is 2.22. The van der Waals surface area contributed by atoms with Crippen molar-refractivity contribution in [2.75, 3.05) is 11.4 Å². The molecular weight excluding hydrogens is 412 g/mol. The van der Waals surface area contributed by atoms with E-state index >= 15 is 0 Å². The summed E-state index contributed by atoms with van der Waals surface area (Å²) in [7, 11) is 0. The number of benzene rings is 2. The molecule has 0 N–H and O–H groups in total. The lowest BCUT2D eigenvalue weighted by Gasteiger charge is -2.16. The lowest BCUT2D eigenvalue weighted by atomic mass is 10.1. The van der Waals surface area contributed by atoms with E-state index in [4.69, 9.17) is 5.10 Å². The summed E-state index contributed by atoms with van der Waals surface area (Å²) >= 11 is 0. The first kappa shape index (κ1) is 20.6. The average molecular weight is 434 g/mol. The first-order chi connectivity index (χ1) is 16.2. The predicted molar refractivity (Wildman–Crippen MR) is 128 cm³/mol. The van der Waals surface area contributed by atoms with Gasteiger partial charge in [-0.1, -0.05) is 30.3 Å². The highest BCUT2D eigenvalue weighted by Crippen LogP contribution is 2.25. The molecule has 1 aliphatic heterocycles. The van der Waals surface area contributed by atoms with Gasteiger partial charge >= 0.3 is 0 Å². The van der Waals surface area contributed by atoms with Gasteiger partial charge in [-0.15, -0.1) is 0 Å². The Morgan fingerprint density at radius 2 is 1.82 bits per heavy atom. The summed E-state index contributed by atoms with van der Waals surface area (Å²) < 4.78 is 1.80. The normalized spacial score (nSPS) is 13.7. The number of rotatable bonds is 6. The number of carbonyl (C=O) groups is 2. The molecule has 2 aromatic carbocycles. The molecule has 162 valence electrons. The van der Waals surface area contributed by atoms with Crippen LogP contribution in [-0.2, 0) is 4.79 Å². The van der Waals surface area contributed by atoms with Gasteiger partial charge in [0.05, 0.1) is 5.69 Å². The van der Waals surface area contributed by atoms with Crippen molar-refractivity contribution in [1.29, 1.82) is 0 Å². The molecule has 33 heavy (non-hydrogen) atoms. The zero-order valence-electron chi connectivity index (χ0n) is 18.0. The molecule has 6 heteroatoms. The maximum absolute atomic E-state index is 13.0. The van der Waals surface area contributed by atoms with Gasteiger partial charge in [-0.05, 0) is 55.0 Å². The van der Waals surface area contributed by atoms with Gasteiger partial charge in [0.25, 0.3) is 0 Å². The summed E-state index contributed by atoms with van der Waals surface area (Å²) in [6, 6.07) is 20.9. The Balaban J connectivity index is 1.46. The van der Waals surface area contributed by atoms with Crippen LogP contribution < -0.4 is 4.90 Å². The Kier molecular flexibility index (Phi) is 5.64. The van der Waals surface area contributed by atoms with Crippen LogP contribution in [0, 0.1) is 0 Å². The van der Waals surface area contributed by atoms with Crippen molar-refractivity contribution in [2.24, 2.45) is 0 Å². The van der Waals surface area contributed by atoms with Crippen molar-refractivity contribution in [3.8, 4) is 16.9 Å². The number of nitrogens with zero attached hydrogens (tertiary/aromatic N) is 4. The largest absolute Gasteiger partial charge is 0.312 e. The average Bonchev–Trinajstić information content (AvgIpc) is 3.50. The Labute approximate surface area is 191 Å². The SMILES string of the molecule is O=C(/C=C/c1cn(-c2ccccc2)nc1-c1cccnc1)c1cccc(N2CCCC2=O)c1. The first-order valence-electron chi connectivity index (χ1n) is 10.9. The third-order valence-corrected chi connectivity index (χ3v) is 5.63.